The van der Waals surface area contributed by atoms with E-state index in [4.69, 9.17) is 9.47 Å². The summed E-state index contributed by atoms with van der Waals surface area (Å²) in [5.41, 5.74) is 1.19. The number of hydrogen-bond donors (Lipinski definition) is 2. The van der Waals surface area contributed by atoms with Crippen molar-refractivity contribution in [3.05, 3.63) is 65.7 Å². The Kier molecular flexibility index (Phi) is 6.85. The molecule has 0 spiro atoms. The number of hydrogen-bond acceptors (Lipinski definition) is 5. The first-order valence-electron chi connectivity index (χ1n) is 10.9. The topological polar surface area (TPSA) is 93.7 Å². The third kappa shape index (κ3) is 5.29. The van der Waals surface area contributed by atoms with Gasteiger partial charge in [0.25, 0.3) is 5.91 Å². The number of fused-ring (bicyclic) bond motifs is 1. The van der Waals surface area contributed by atoms with Gasteiger partial charge in [0.05, 0.1) is 14.2 Å². The molecule has 3 aromatic carbocycles. The number of amides is 1. The number of benzene rings is 3. The molecule has 1 amide bonds. The molecule has 0 saturated heterocycles. The maximum atomic E-state index is 13.0. The van der Waals surface area contributed by atoms with Gasteiger partial charge in [-0.05, 0) is 65.6 Å². The molecule has 7 nitrogen and oxygen atoms in total. The molecule has 174 valence electrons. The van der Waals surface area contributed by atoms with Crippen molar-refractivity contribution in [2.45, 2.75) is 43.2 Å². The molecule has 8 heteroatoms. The fourth-order valence-corrected chi connectivity index (χ4v) is 5.65. The standard InChI is InChI=1S/C25H28N2O5S/c1-31-22-11-9-18-13-17(7-8-19(18)14-22)16-26-25(28)20-10-12-23(32-2)24(15-20)33(29,30)27-21-5-3-4-6-21/h7-15,21,27H,3-6,16H2,1-2H3,(H,26,28). The predicted molar refractivity (Wildman–Crippen MR) is 127 cm³/mol. The highest BCUT2D eigenvalue weighted by molar-refractivity contribution is 7.89. The van der Waals surface area contributed by atoms with Crippen molar-refractivity contribution in [3.63, 3.8) is 0 Å². The van der Waals surface area contributed by atoms with Crippen LogP contribution in [-0.2, 0) is 16.6 Å². The van der Waals surface area contributed by atoms with Crippen LogP contribution >= 0.6 is 0 Å². The van der Waals surface area contributed by atoms with Gasteiger partial charge in [0.1, 0.15) is 16.4 Å². The molecule has 33 heavy (non-hydrogen) atoms. The minimum Gasteiger partial charge on any atom is -0.497 e. The fourth-order valence-electron chi connectivity index (χ4n) is 4.15. The van der Waals surface area contributed by atoms with Gasteiger partial charge in [-0.1, -0.05) is 31.0 Å². The zero-order valence-corrected chi connectivity index (χ0v) is 19.6. The summed E-state index contributed by atoms with van der Waals surface area (Å²) in [6, 6.07) is 16.1. The van der Waals surface area contributed by atoms with E-state index in [2.05, 4.69) is 10.0 Å². The third-order valence-electron chi connectivity index (χ3n) is 5.96. The summed E-state index contributed by atoms with van der Waals surface area (Å²) in [5, 5.41) is 4.96. The lowest BCUT2D eigenvalue weighted by Gasteiger charge is -2.16. The Labute approximate surface area is 194 Å². The SMILES string of the molecule is COc1ccc2cc(CNC(=O)c3ccc(OC)c(S(=O)(=O)NC4CCCC4)c3)ccc2c1. The van der Waals surface area contributed by atoms with Gasteiger partial charge < -0.3 is 14.8 Å². The van der Waals surface area contributed by atoms with E-state index in [0.717, 1.165) is 47.8 Å². The van der Waals surface area contributed by atoms with Crippen molar-refractivity contribution in [2.24, 2.45) is 0 Å². The van der Waals surface area contributed by atoms with Crippen LogP contribution in [0.25, 0.3) is 10.8 Å². The molecular formula is C25H28N2O5S. The van der Waals surface area contributed by atoms with Gasteiger partial charge in [0.2, 0.25) is 10.0 Å². The summed E-state index contributed by atoms with van der Waals surface area (Å²) in [6.07, 6.45) is 3.66. The van der Waals surface area contributed by atoms with Crippen LogP contribution in [0.2, 0.25) is 0 Å². The number of rotatable bonds is 8. The zero-order valence-electron chi connectivity index (χ0n) is 18.8. The summed E-state index contributed by atoms with van der Waals surface area (Å²) < 4.78 is 39.2. The summed E-state index contributed by atoms with van der Waals surface area (Å²) in [6.45, 7) is 0.315. The number of nitrogens with one attached hydrogen (secondary N) is 2. The van der Waals surface area contributed by atoms with Crippen molar-refractivity contribution in [3.8, 4) is 11.5 Å². The van der Waals surface area contributed by atoms with Crippen LogP contribution < -0.4 is 19.5 Å². The molecule has 0 aliphatic heterocycles. The van der Waals surface area contributed by atoms with Gasteiger partial charge in [-0.15, -0.1) is 0 Å². The van der Waals surface area contributed by atoms with Crippen LogP contribution in [0.5, 0.6) is 11.5 Å². The first kappa shape index (κ1) is 23.1. The third-order valence-corrected chi connectivity index (χ3v) is 7.50. The molecular weight excluding hydrogens is 440 g/mol. The molecule has 0 bridgehead atoms. The highest BCUT2D eigenvalue weighted by atomic mass is 32.2. The van der Waals surface area contributed by atoms with Crippen molar-refractivity contribution in [2.75, 3.05) is 14.2 Å². The van der Waals surface area contributed by atoms with E-state index < -0.39 is 10.0 Å². The van der Waals surface area contributed by atoms with Crippen LogP contribution in [0, 0.1) is 0 Å². The lowest BCUT2D eigenvalue weighted by molar-refractivity contribution is 0.0950. The van der Waals surface area contributed by atoms with Gasteiger partial charge >= 0.3 is 0 Å². The Morgan fingerprint density at radius 2 is 1.67 bits per heavy atom. The Morgan fingerprint density at radius 1 is 0.939 bits per heavy atom. The summed E-state index contributed by atoms with van der Waals surface area (Å²) >= 11 is 0. The second kappa shape index (κ2) is 9.80. The molecule has 2 N–H and O–H groups in total. The average Bonchev–Trinajstić information content (AvgIpc) is 3.33. The number of methoxy groups -OCH3 is 2. The lowest BCUT2D eigenvalue weighted by Crippen LogP contribution is -2.33. The van der Waals surface area contributed by atoms with Crippen LogP contribution in [0.4, 0.5) is 0 Å². The van der Waals surface area contributed by atoms with E-state index >= 15 is 0 Å². The lowest BCUT2D eigenvalue weighted by atomic mass is 10.1. The van der Waals surface area contributed by atoms with Gasteiger partial charge in [-0.25, -0.2) is 13.1 Å². The van der Waals surface area contributed by atoms with Crippen molar-refractivity contribution >= 4 is 26.7 Å². The van der Waals surface area contributed by atoms with Gasteiger partial charge in [-0.3, -0.25) is 4.79 Å². The minimum absolute atomic E-state index is 0.0239. The van der Waals surface area contributed by atoms with E-state index in [1.165, 1.54) is 19.2 Å². The molecule has 1 aliphatic rings. The van der Waals surface area contributed by atoms with E-state index in [9.17, 15) is 13.2 Å². The largest absolute Gasteiger partial charge is 0.497 e. The summed E-state index contributed by atoms with van der Waals surface area (Å²) in [7, 11) is -0.759. The van der Waals surface area contributed by atoms with Crippen molar-refractivity contribution < 1.29 is 22.7 Å². The first-order chi connectivity index (χ1) is 15.9. The Morgan fingerprint density at radius 3 is 2.39 bits per heavy atom. The summed E-state index contributed by atoms with van der Waals surface area (Å²) in [5.74, 6) is 0.642. The second-order valence-electron chi connectivity index (χ2n) is 8.20. The monoisotopic (exact) mass is 468 g/mol. The van der Waals surface area contributed by atoms with E-state index in [1.807, 2.05) is 36.4 Å². The molecule has 1 fully saturated rings. The van der Waals surface area contributed by atoms with Crippen LogP contribution in [0.15, 0.2) is 59.5 Å². The molecule has 0 aromatic heterocycles. The van der Waals surface area contributed by atoms with Crippen molar-refractivity contribution in [1.29, 1.82) is 0 Å². The highest BCUT2D eigenvalue weighted by Crippen LogP contribution is 2.27. The van der Waals surface area contributed by atoms with Gasteiger partial charge in [-0.2, -0.15) is 0 Å². The van der Waals surface area contributed by atoms with Gasteiger partial charge in [0, 0.05) is 18.2 Å². The molecule has 1 aliphatic carbocycles. The predicted octanol–water partition coefficient (Wildman–Crippen LogP) is 4.01. The molecule has 4 rings (SSSR count). The number of sulfonamides is 1. The van der Waals surface area contributed by atoms with Crippen LogP contribution in [0.1, 0.15) is 41.6 Å². The first-order valence-corrected chi connectivity index (χ1v) is 12.4. The second-order valence-corrected chi connectivity index (χ2v) is 9.88. The van der Waals surface area contributed by atoms with E-state index in [1.54, 1.807) is 13.2 Å². The van der Waals surface area contributed by atoms with Crippen LogP contribution in [-0.4, -0.2) is 34.6 Å². The maximum Gasteiger partial charge on any atom is 0.251 e. The quantitative estimate of drug-likeness (QED) is 0.521. The molecule has 0 atom stereocenters. The Hall–Kier alpha value is -3.10. The average molecular weight is 469 g/mol. The fraction of sp³-hybridized carbons (Fsp3) is 0.320. The molecule has 0 radical (unpaired) electrons. The number of ether oxygens (including phenoxy) is 2. The maximum absolute atomic E-state index is 13.0. The number of carbonyl (C=O) groups excluding carboxylic acids is 1. The number of carbonyl (C=O) groups is 1. The normalized spacial score (nSPS) is 14.4. The minimum atomic E-state index is -3.80. The van der Waals surface area contributed by atoms with Gasteiger partial charge in [0.15, 0.2) is 0 Å². The molecule has 0 unspecified atom stereocenters. The molecule has 0 heterocycles. The van der Waals surface area contributed by atoms with Crippen molar-refractivity contribution in [1.82, 2.24) is 10.0 Å². The van der Waals surface area contributed by atoms with Crippen LogP contribution in [0.3, 0.4) is 0 Å². The summed E-state index contributed by atoms with van der Waals surface area (Å²) in [4.78, 5) is 12.8. The van der Waals surface area contributed by atoms with E-state index in [0.29, 0.717) is 6.54 Å². The Balaban J connectivity index is 1.50. The highest BCUT2D eigenvalue weighted by Gasteiger charge is 2.26. The molecule has 1 saturated carbocycles. The Bertz CT molecular complexity index is 1270. The zero-order chi connectivity index (χ0) is 23.4. The smallest absolute Gasteiger partial charge is 0.251 e. The molecule has 3 aromatic rings. The van der Waals surface area contributed by atoms with E-state index in [-0.39, 0.29) is 28.2 Å².